The molecule has 7 nitrogen and oxygen atoms in total. The van der Waals surface area contributed by atoms with E-state index in [1.807, 2.05) is 13.8 Å². The molecule has 3 N–H and O–H groups in total. The standard InChI is InChI=1S/C25H30ClFN4O3/c1-16(2)22(30-23(32)20-10-3-4-11-21(20)26)24(33)31-12-6-7-17(15-31)14-28-25(34)29-19-9-5-8-18(27)13-19/h3-5,8-11,13,16-17,22H,6-7,12,14-15H2,1-2H3,(H,30,32)(H2,28,29,34). The number of rotatable bonds is 7. The van der Waals surface area contributed by atoms with Gasteiger partial charge in [0.2, 0.25) is 5.91 Å². The number of urea groups is 1. The molecule has 1 aliphatic rings. The number of piperidine rings is 1. The summed E-state index contributed by atoms with van der Waals surface area (Å²) in [5, 5.41) is 8.57. The van der Waals surface area contributed by atoms with Crippen molar-refractivity contribution in [3.05, 3.63) is 64.9 Å². The summed E-state index contributed by atoms with van der Waals surface area (Å²) >= 11 is 6.13. The molecule has 2 aromatic carbocycles. The molecule has 3 rings (SSSR count). The normalized spacial score (nSPS) is 16.6. The van der Waals surface area contributed by atoms with Crippen LogP contribution in [0, 0.1) is 17.7 Å². The van der Waals surface area contributed by atoms with Crippen LogP contribution in [-0.2, 0) is 4.79 Å². The average Bonchev–Trinajstić information content (AvgIpc) is 2.81. The Labute approximate surface area is 204 Å². The van der Waals surface area contributed by atoms with E-state index in [1.54, 1.807) is 35.2 Å². The SMILES string of the molecule is CC(C)C(NC(=O)c1ccccc1Cl)C(=O)N1CCCC(CNC(=O)Nc2cccc(F)c2)C1. The zero-order valence-electron chi connectivity index (χ0n) is 19.3. The predicted molar refractivity (Wildman–Crippen MR) is 130 cm³/mol. The number of halogens is 2. The van der Waals surface area contributed by atoms with Gasteiger partial charge in [-0.3, -0.25) is 9.59 Å². The van der Waals surface area contributed by atoms with E-state index in [9.17, 15) is 18.8 Å². The molecule has 1 saturated heterocycles. The van der Waals surface area contributed by atoms with E-state index < -0.39 is 17.9 Å². The van der Waals surface area contributed by atoms with Gasteiger partial charge in [0.25, 0.3) is 5.91 Å². The van der Waals surface area contributed by atoms with E-state index in [0.29, 0.717) is 35.9 Å². The maximum atomic E-state index is 13.3. The summed E-state index contributed by atoms with van der Waals surface area (Å²) in [6.07, 6.45) is 1.66. The van der Waals surface area contributed by atoms with Crippen LogP contribution < -0.4 is 16.0 Å². The van der Waals surface area contributed by atoms with Gasteiger partial charge in [0.15, 0.2) is 0 Å². The smallest absolute Gasteiger partial charge is 0.319 e. The highest BCUT2D eigenvalue weighted by Crippen LogP contribution is 2.20. The fourth-order valence-electron chi connectivity index (χ4n) is 3.98. The van der Waals surface area contributed by atoms with Gasteiger partial charge in [-0.05, 0) is 55.0 Å². The van der Waals surface area contributed by atoms with E-state index >= 15 is 0 Å². The summed E-state index contributed by atoms with van der Waals surface area (Å²) < 4.78 is 13.3. The summed E-state index contributed by atoms with van der Waals surface area (Å²) in [5.41, 5.74) is 0.694. The van der Waals surface area contributed by atoms with Gasteiger partial charge in [-0.2, -0.15) is 0 Å². The number of hydrogen-bond donors (Lipinski definition) is 3. The Morgan fingerprint density at radius 2 is 1.91 bits per heavy atom. The maximum Gasteiger partial charge on any atom is 0.319 e. The van der Waals surface area contributed by atoms with Gasteiger partial charge in [0, 0.05) is 25.3 Å². The Kier molecular flexibility index (Phi) is 8.87. The second-order valence-corrected chi connectivity index (χ2v) is 9.22. The molecule has 1 fully saturated rings. The van der Waals surface area contributed by atoms with Crippen LogP contribution in [0.2, 0.25) is 5.02 Å². The van der Waals surface area contributed by atoms with Crippen molar-refractivity contribution < 1.29 is 18.8 Å². The largest absolute Gasteiger partial charge is 0.341 e. The molecule has 9 heteroatoms. The molecule has 34 heavy (non-hydrogen) atoms. The molecule has 2 atom stereocenters. The Hall–Kier alpha value is -3.13. The van der Waals surface area contributed by atoms with Gasteiger partial charge in [0.1, 0.15) is 11.9 Å². The lowest BCUT2D eigenvalue weighted by Crippen LogP contribution is -2.54. The topological polar surface area (TPSA) is 90.5 Å². The summed E-state index contributed by atoms with van der Waals surface area (Å²) in [6.45, 7) is 5.22. The highest BCUT2D eigenvalue weighted by molar-refractivity contribution is 6.33. The van der Waals surface area contributed by atoms with Crippen molar-refractivity contribution in [3.63, 3.8) is 0 Å². The second kappa shape index (κ2) is 11.8. The van der Waals surface area contributed by atoms with Crippen LogP contribution in [0.3, 0.4) is 0 Å². The van der Waals surface area contributed by atoms with Crippen LogP contribution in [0.15, 0.2) is 48.5 Å². The van der Waals surface area contributed by atoms with Gasteiger partial charge in [-0.1, -0.05) is 43.6 Å². The molecule has 0 spiro atoms. The lowest BCUT2D eigenvalue weighted by atomic mass is 9.95. The number of nitrogens with one attached hydrogen (secondary N) is 3. The number of anilines is 1. The monoisotopic (exact) mass is 488 g/mol. The predicted octanol–water partition coefficient (Wildman–Crippen LogP) is 4.29. The molecule has 182 valence electrons. The Morgan fingerprint density at radius 3 is 2.62 bits per heavy atom. The fourth-order valence-corrected chi connectivity index (χ4v) is 4.21. The molecular weight excluding hydrogens is 459 g/mol. The van der Waals surface area contributed by atoms with E-state index in [2.05, 4.69) is 16.0 Å². The van der Waals surface area contributed by atoms with E-state index in [4.69, 9.17) is 11.6 Å². The van der Waals surface area contributed by atoms with Crippen molar-refractivity contribution in [2.24, 2.45) is 11.8 Å². The first-order chi connectivity index (χ1) is 16.2. The summed E-state index contributed by atoms with van der Waals surface area (Å²) in [4.78, 5) is 40.0. The lowest BCUT2D eigenvalue weighted by molar-refractivity contribution is -0.136. The van der Waals surface area contributed by atoms with Crippen molar-refractivity contribution in [1.82, 2.24) is 15.5 Å². The fraction of sp³-hybridized carbons (Fsp3) is 0.400. The van der Waals surface area contributed by atoms with Crippen LogP contribution in [0.1, 0.15) is 37.0 Å². The first-order valence-corrected chi connectivity index (χ1v) is 11.8. The molecule has 2 unspecified atom stereocenters. The lowest BCUT2D eigenvalue weighted by Gasteiger charge is -2.36. The number of carbonyl (C=O) groups excluding carboxylic acids is 3. The Bertz CT molecular complexity index is 1030. The minimum absolute atomic E-state index is 0.0723. The van der Waals surface area contributed by atoms with Crippen LogP contribution >= 0.6 is 11.6 Å². The number of amides is 4. The summed E-state index contributed by atoms with van der Waals surface area (Å²) in [5.74, 6) is -1.01. The van der Waals surface area contributed by atoms with Crippen molar-refractivity contribution >= 4 is 35.1 Å². The number of hydrogen-bond acceptors (Lipinski definition) is 3. The van der Waals surface area contributed by atoms with Crippen molar-refractivity contribution in [2.45, 2.75) is 32.7 Å². The van der Waals surface area contributed by atoms with E-state index in [1.165, 1.54) is 18.2 Å². The third-order valence-corrected chi connectivity index (χ3v) is 6.13. The average molecular weight is 489 g/mol. The third-order valence-electron chi connectivity index (χ3n) is 5.80. The number of nitrogens with zero attached hydrogens (tertiary/aromatic N) is 1. The highest BCUT2D eigenvalue weighted by atomic mass is 35.5. The number of benzene rings is 2. The Morgan fingerprint density at radius 1 is 1.15 bits per heavy atom. The molecular formula is C25H30ClFN4O3. The quantitative estimate of drug-likeness (QED) is 0.543. The van der Waals surface area contributed by atoms with Gasteiger partial charge in [-0.25, -0.2) is 9.18 Å². The van der Waals surface area contributed by atoms with Gasteiger partial charge in [0.05, 0.1) is 10.6 Å². The molecule has 1 aliphatic heterocycles. The highest BCUT2D eigenvalue weighted by Gasteiger charge is 2.32. The molecule has 0 aromatic heterocycles. The Balaban J connectivity index is 1.55. The third kappa shape index (κ3) is 6.93. The number of carbonyl (C=O) groups is 3. The number of likely N-dealkylation sites (tertiary alicyclic amines) is 1. The molecule has 0 aliphatic carbocycles. The zero-order valence-corrected chi connectivity index (χ0v) is 20.1. The molecule has 2 aromatic rings. The van der Waals surface area contributed by atoms with Crippen molar-refractivity contribution in [1.29, 1.82) is 0 Å². The summed E-state index contributed by atoms with van der Waals surface area (Å²) in [7, 11) is 0. The van der Waals surface area contributed by atoms with E-state index in [-0.39, 0.29) is 23.7 Å². The minimum atomic E-state index is -0.688. The molecule has 0 radical (unpaired) electrons. The first-order valence-electron chi connectivity index (χ1n) is 11.4. The zero-order chi connectivity index (χ0) is 24.7. The van der Waals surface area contributed by atoms with Gasteiger partial charge < -0.3 is 20.9 Å². The van der Waals surface area contributed by atoms with Crippen LogP contribution in [0.4, 0.5) is 14.9 Å². The maximum absolute atomic E-state index is 13.3. The van der Waals surface area contributed by atoms with Crippen molar-refractivity contribution in [2.75, 3.05) is 25.0 Å². The van der Waals surface area contributed by atoms with E-state index in [0.717, 1.165) is 12.8 Å². The second-order valence-electron chi connectivity index (χ2n) is 8.81. The first kappa shape index (κ1) is 25.5. The molecule has 1 heterocycles. The van der Waals surface area contributed by atoms with Crippen molar-refractivity contribution in [3.8, 4) is 0 Å². The molecule has 0 bridgehead atoms. The van der Waals surface area contributed by atoms with Crippen LogP contribution in [0.25, 0.3) is 0 Å². The van der Waals surface area contributed by atoms with Gasteiger partial charge >= 0.3 is 6.03 Å². The minimum Gasteiger partial charge on any atom is -0.341 e. The van der Waals surface area contributed by atoms with Gasteiger partial charge in [-0.15, -0.1) is 0 Å². The molecule has 4 amide bonds. The molecule has 0 saturated carbocycles. The summed E-state index contributed by atoms with van der Waals surface area (Å²) in [6, 6.07) is 11.3. The van der Waals surface area contributed by atoms with Crippen LogP contribution in [-0.4, -0.2) is 48.4 Å². The van der Waals surface area contributed by atoms with Crippen LogP contribution in [0.5, 0.6) is 0 Å².